The van der Waals surface area contributed by atoms with Gasteiger partial charge in [-0.1, -0.05) is 23.2 Å². The van der Waals surface area contributed by atoms with Gasteiger partial charge in [-0.25, -0.2) is 0 Å². The molecule has 146 valence electrons. The Kier molecular flexibility index (Phi) is 11.3. The summed E-state index contributed by atoms with van der Waals surface area (Å²) in [5, 5.41) is 9.99. The molecule has 1 aromatic rings. The third-order valence-corrected chi connectivity index (χ3v) is 4.45. The van der Waals surface area contributed by atoms with Crippen LogP contribution in [0.4, 0.5) is 0 Å². The van der Waals surface area contributed by atoms with Gasteiger partial charge in [0.15, 0.2) is 5.96 Å². The molecule has 0 bridgehead atoms. The summed E-state index contributed by atoms with van der Waals surface area (Å²) in [4.78, 5) is 16.6. The van der Waals surface area contributed by atoms with E-state index in [9.17, 15) is 4.79 Å². The molecule has 0 aliphatic carbocycles. The molecule has 1 unspecified atom stereocenters. The van der Waals surface area contributed by atoms with Gasteiger partial charge in [0.25, 0.3) is 5.91 Å². The third kappa shape index (κ3) is 7.85. The van der Waals surface area contributed by atoms with E-state index < -0.39 is 0 Å². The Morgan fingerprint density at radius 2 is 2.00 bits per heavy atom. The van der Waals surface area contributed by atoms with E-state index in [4.69, 9.17) is 27.9 Å². The lowest BCUT2D eigenvalue weighted by atomic mass is 10.2. The second-order valence-electron chi connectivity index (χ2n) is 5.67. The van der Waals surface area contributed by atoms with Crippen LogP contribution in [0.25, 0.3) is 0 Å². The Hall–Kier alpha value is -0.770. The zero-order valence-electron chi connectivity index (χ0n) is 14.7. The average molecular weight is 515 g/mol. The number of guanidine groups is 1. The van der Waals surface area contributed by atoms with Crippen LogP contribution in [-0.4, -0.2) is 50.8 Å². The summed E-state index contributed by atoms with van der Waals surface area (Å²) < 4.78 is 5.57. The quantitative estimate of drug-likeness (QED) is 0.226. The first kappa shape index (κ1) is 23.3. The molecule has 6 nitrogen and oxygen atoms in total. The molecule has 9 heteroatoms. The highest BCUT2D eigenvalue weighted by Gasteiger charge is 2.14. The molecular weight excluding hydrogens is 490 g/mol. The molecule has 1 atom stereocenters. The van der Waals surface area contributed by atoms with Gasteiger partial charge in [-0.05, 0) is 38.0 Å². The molecule has 2 rings (SSSR count). The van der Waals surface area contributed by atoms with Gasteiger partial charge in [0.05, 0.1) is 22.7 Å². The van der Waals surface area contributed by atoms with Crippen molar-refractivity contribution in [3.63, 3.8) is 0 Å². The highest BCUT2D eigenvalue weighted by molar-refractivity contribution is 14.0. The molecule has 1 amide bonds. The number of hydrogen-bond donors (Lipinski definition) is 3. The van der Waals surface area contributed by atoms with E-state index >= 15 is 0 Å². The van der Waals surface area contributed by atoms with Crippen molar-refractivity contribution >= 4 is 59.0 Å². The molecule has 1 heterocycles. The topological polar surface area (TPSA) is 74.8 Å². The minimum atomic E-state index is -0.193. The first-order valence-electron chi connectivity index (χ1n) is 8.47. The predicted molar refractivity (Wildman–Crippen MR) is 117 cm³/mol. The van der Waals surface area contributed by atoms with Gasteiger partial charge in [0, 0.05) is 31.8 Å². The fourth-order valence-electron chi connectivity index (χ4n) is 2.42. The van der Waals surface area contributed by atoms with Crippen molar-refractivity contribution < 1.29 is 9.53 Å². The summed E-state index contributed by atoms with van der Waals surface area (Å²) in [6.07, 6.45) is 2.37. The monoisotopic (exact) mass is 514 g/mol. The molecule has 0 saturated carbocycles. The minimum absolute atomic E-state index is 0. The Morgan fingerprint density at radius 1 is 1.23 bits per heavy atom. The average Bonchev–Trinajstić information content (AvgIpc) is 3.12. The van der Waals surface area contributed by atoms with Crippen LogP contribution in [0.2, 0.25) is 10.0 Å². The first-order chi connectivity index (χ1) is 12.1. The van der Waals surface area contributed by atoms with E-state index in [2.05, 4.69) is 20.9 Å². The highest BCUT2D eigenvalue weighted by atomic mass is 127. The maximum Gasteiger partial charge on any atom is 0.251 e. The lowest BCUT2D eigenvalue weighted by molar-refractivity contribution is 0.0954. The smallest absolute Gasteiger partial charge is 0.251 e. The van der Waals surface area contributed by atoms with Crippen molar-refractivity contribution in [3.8, 4) is 0 Å². The predicted octanol–water partition coefficient (Wildman–Crippen LogP) is 3.08. The standard InChI is InChI=1S/C17H24Cl2N4O2.HI/c1-2-20-17(23-11-13-4-3-9-25-13)22-8-7-21-16(24)12-5-6-14(18)15(19)10-12;/h5-6,10,13H,2-4,7-9,11H2,1H3,(H,21,24)(H2,20,22,23);1H. The lowest BCUT2D eigenvalue weighted by Crippen LogP contribution is -2.42. The zero-order chi connectivity index (χ0) is 18.1. The van der Waals surface area contributed by atoms with E-state index in [1.165, 1.54) is 0 Å². The summed E-state index contributed by atoms with van der Waals surface area (Å²) in [6, 6.07) is 4.81. The number of benzene rings is 1. The van der Waals surface area contributed by atoms with E-state index in [1.807, 2.05) is 6.92 Å². The Bertz CT molecular complexity index is 610. The van der Waals surface area contributed by atoms with Crippen LogP contribution >= 0.6 is 47.2 Å². The molecule has 1 aliphatic heterocycles. The molecule has 3 N–H and O–H groups in total. The Balaban J connectivity index is 0.00000338. The summed E-state index contributed by atoms with van der Waals surface area (Å²) in [7, 11) is 0. The van der Waals surface area contributed by atoms with Gasteiger partial charge in [0.1, 0.15) is 0 Å². The number of hydrogen-bond acceptors (Lipinski definition) is 3. The van der Waals surface area contributed by atoms with Gasteiger partial charge in [-0.2, -0.15) is 0 Å². The van der Waals surface area contributed by atoms with E-state index in [-0.39, 0.29) is 36.0 Å². The van der Waals surface area contributed by atoms with Crippen molar-refractivity contribution in [2.45, 2.75) is 25.9 Å². The summed E-state index contributed by atoms with van der Waals surface area (Å²) in [6.45, 7) is 5.27. The summed E-state index contributed by atoms with van der Waals surface area (Å²) in [5.74, 6) is 0.531. The molecule has 0 radical (unpaired) electrons. The van der Waals surface area contributed by atoms with Crippen molar-refractivity contribution in [2.75, 3.05) is 32.8 Å². The van der Waals surface area contributed by atoms with Gasteiger partial charge in [-0.3, -0.25) is 9.79 Å². The van der Waals surface area contributed by atoms with Crippen LogP contribution in [-0.2, 0) is 4.74 Å². The second-order valence-corrected chi connectivity index (χ2v) is 6.48. The number of nitrogens with zero attached hydrogens (tertiary/aromatic N) is 1. The van der Waals surface area contributed by atoms with E-state index in [0.29, 0.717) is 35.2 Å². The molecule has 26 heavy (non-hydrogen) atoms. The largest absolute Gasteiger partial charge is 0.376 e. The highest BCUT2D eigenvalue weighted by Crippen LogP contribution is 2.22. The number of halogens is 3. The van der Waals surface area contributed by atoms with Crippen LogP contribution in [0.3, 0.4) is 0 Å². The zero-order valence-corrected chi connectivity index (χ0v) is 18.5. The second kappa shape index (κ2) is 12.6. The third-order valence-electron chi connectivity index (χ3n) is 3.71. The van der Waals surface area contributed by atoms with Gasteiger partial charge < -0.3 is 20.7 Å². The molecule has 0 spiro atoms. The van der Waals surface area contributed by atoms with Gasteiger partial charge in [0.2, 0.25) is 0 Å². The number of ether oxygens (including phenoxy) is 1. The number of aliphatic imine (C=N–C) groups is 1. The van der Waals surface area contributed by atoms with Crippen molar-refractivity contribution in [1.29, 1.82) is 0 Å². The van der Waals surface area contributed by atoms with Crippen LogP contribution < -0.4 is 16.0 Å². The van der Waals surface area contributed by atoms with E-state index in [1.54, 1.807) is 18.2 Å². The number of carbonyl (C=O) groups is 1. The molecule has 1 aliphatic rings. The molecule has 0 aromatic heterocycles. The van der Waals surface area contributed by atoms with Crippen LogP contribution in [0.1, 0.15) is 30.1 Å². The van der Waals surface area contributed by atoms with Crippen molar-refractivity contribution in [1.82, 2.24) is 16.0 Å². The van der Waals surface area contributed by atoms with Crippen LogP contribution in [0.15, 0.2) is 23.2 Å². The fraction of sp³-hybridized carbons (Fsp3) is 0.529. The molecule has 1 aromatic carbocycles. The number of carbonyl (C=O) groups excluding carboxylic acids is 1. The number of amides is 1. The molecule has 1 saturated heterocycles. The Labute approximate surface area is 181 Å². The van der Waals surface area contributed by atoms with Crippen molar-refractivity contribution in [3.05, 3.63) is 33.8 Å². The SMILES string of the molecule is CCNC(=NCC1CCCO1)NCCNC(=O)c1ccc(Cl)c(Cl)c1.I. The van der Waals surface area contributed by atoms with Gasteiger partial charge in [-0.15, -0.1) is 24.0 Å². The van der Waals surface area contributed by atoms with E-state index in [0.717, 1.165) is 32.0 Å². The Morgan fingerprint density at radius 3 is 2.65 bits per heavy atom. The summed E-state index contributed by atoms with van der Waals surface area (Å²) >= 11 is 11.8. The number of rotatable bonds is 7. The summed E-state index contributed by atoms with van der Waals surface area (Å²) in [5.41, 5.74) is 0.480. The van der Waals surface area contributed by atoms with Gasteiger partial charge >= 0.3 is 0 Å². The normalized spacial score (nSPS) is 16.7. The fourth-order valence-corrected chi connectivity index (χ4v) is 2.72. The maximum absolute atomic E-state index is 12.1. The lowest BCUT2D eigenvalue weighted by Gasteiger charge is -2.13. The molecule has 1 fully saturated rings. The first-order valence-corrected chi connectivity index (χ1v) is 9.22. The maximum atomic E-state index is 12.1. The van der Waals surface area contributed by atoms with Crippen LogP contribution in [0, 0.1) is 0 Å². The van der Waals surface area contributed by atoms with Crippen molar-refractivity contribution in [2.24, 2.45) is 4.99 Å². The molecular formula is C17H25Cl2IN4O2. The van der Waals surface area contributed by atoms with Crippen LogP contribution in [0.5, 0.6) is 0 Å². The minimum Gasteiger partial charge on any atom is -0.376 e. The number of nitrogens with one attached hydrogen (secondary N) is 3.